The summed E-state index contributed by atoms with van der Waals surface area (Å²) in [6, 6.07) is 0. The second kappa shape index (κ2) is 4.14. The molecule has 56 valence electrons. The fraction of sp³-hybridized carbons (Fsp3) is 1.00. The summed E-state index contributed by atoms with van der Waals surface area (Å²) in [5, 5.41) is 0. The average molecular weight is 149 g/mol. The molecule has 0 aliphatic rings. The zero-order valence-electron chi connectivity index (χ0n) is 6.27. The molecule has 9 heavy (non-hydrogen) atoms. The van der Waals surface area contributed by atoms with Gasteiger partial charge in [-0.05, 0) is 11.8 Å². The molecule has 0 unspecified atom stereocenters. The Morgan fingerprint density at radius 1 is 1.56 bits per heavy atom. The maximum atomic E-state index is 8.33. The standard InChI is InChI=1S/C6H15NOS/c1-4-6(2,3)5-7-9-8/h7-8H,4-5H2,1-3H3. The minimum atomic E-state index is 0.301. The van der Waals surface area contributed by atoms with Gasteiger partial charge in [0.1, 0.15) is 0 Å². The highest BCUT2D eigenvalue weighted by Crippen LogP contribution is 2.18. The van der Waals surface area contributed by atoms with E-state index in [0.29, 0.717) is 17.6 Å². The maximum absolute atomic E-state index is 8.33. The third-order valence-electron chi connectivity index (χ3n) is 1.57. The van der Waals surface area contributed by atoms with E-state index in [4.69, 9.17) is 4.55 Å². The van der Waals surface area contributed by atoms with E-state index in [9.17, 15) is 0 Å². The molecule has 0 aromatic carbocycles. The van der Waals surface area contributed by atoms with E-state index in [0.717, 1.165) is 13.0 Å². The van der Waals surface area contributed by atoms with E-state index in [-0.39, 0.29) is 0 Å². The Hall–Kier alpha value is 0.270. The van der Waals surface area contributed by atoms with Crippen molar-refractivity contribution in [2.75, 3.05) is 6.54 Å². The largest absolute Gasteiger partial charge is 0.317 e. The molecule has 0 aliphatic carbocycles. The highest BCUT2D eigenvalue weighted by molar-refractivity contribution is 7.91. The maximum Gasteiger partial charge on any atom is 0.0760 e. The van der Waals surface area contributed by atoms with Gasteiger partial charge in [-0.3, -0.25) is 0 Å². The van der Waals surface area contributed by atoms with Crippen LogP contribution in [0.15, 0.2) is 0 Å². The SMILES string of the molecule is CCC(C)(C)CNSO. The summed E-state index contributed by atoms with van der Waals surface area (Å²) in [7, 11) is 0. The van der Waals surface area contributed by atoms with Crippen molar-refractivity contribution in [2.45, 2.75) is 27.2 Å². The van der Waals surface area contributed by atoms with Crippen molar-refractivity contribution < 1.29 is 4.55 Å². The highest BCUT2D eigenvalue weighted by atomic mass is 32.2. The highest BCUT2D eigenvalue weighted by Gasteiger charge is 2.13. The lowest BCUT2D eigenvalue weighted by atomic mass is 9.91. The first kappa shape index (κ1) is 9.27. The van der Waals surface area contributed by atoms with Crippen molar-refractivity contribution in [3.63, 3.8) is 0 Å². The zero-order chi connectivity index (χ0) is 7.33. The lowest BCUT2D eigenvalue weighted by Crippen LogP contribution is -2.24. The lowest BCUT2D eigenvalue weighted by molar-refractivity contribution is 0.352. The zero-order valence-corrected chi connectivity index (χ0v) is 7.09. The van der Waals surface area contributed by atoms with Gasteiger partial charge in [0, 0.05) is 6.54 Å². The number of hydrogen-bond donors (Lipinski definition) is 2. The summed E-state index contributed by atoms with van der Waals surface area (Å²) >= 11 is 0.694. The molecule has 0 heterocycles. The van der Waals surface area contributed by atoms with E-state index in [1.54, 1.807) is 0 Å². The molecule has 2 nitrogen and oxygen atoms in total. The molecular formula is C6H15NOS. The summed E-state index contributed by atoms with van der Waals surface area (Å²) in [6.45, 7) is 7.32. The van der Waals surface area contributed by atoms with Gasteiger partial charge in [0.05, 0.1) is 12.2 Å². The lowest BCUT2D eigenvalue weighted by Gasteiger charge is -2.21. The van der Waals surface area contributed by atoms with Crippen LogP contribution in [0.3, 0.4) is 0 Å². The predicted molar refractivity (Wildman–Crippen MR) is 42.3 cm³/mol. The molecule has 0 aromatic rings. The number of hydrogen-bond acceptors (Lipinski definition) is 3. The van der Waals surface area contributed by atoms with Gasteiger partial charge >= 0.3 is 0 Å². The van der Waals surface area contributed by atoms with Crippen LogP contribution >= 0.6 is 12.2 Å². The van der Waals surface area contributed by atoms with Crippen LogP contribution in [-0.2, 0) is 0 Å². The van der Waals surface area contributed by atoms with Crippen molar-refractivity contribution in [3.8, 4) is 0 Å². The predicted octanol–water partition coefficient (Wildman–Crippen LogP) is 2.13. The Bertz CT molecular complexity index is 75.5. The third-order valence-corrected chi connectivity index (χ3v) is 1.85. The first-order valence-corrected chi connectivity index (χ1v) is 3.93. The van der Waals surface area contributed by atoms with Gasteiger partial charge in [-0.15, -0.1) is 0 Å². The van der Waals surface area contributed by atoms with Gasteiger partial charge in [0.2, 0.25) is 0 Å². The molecule has 0 rings (SSSR count). The van der Waals surface area contributed by atoms with Crippen molar-refractivity contribution >= 4 is 12.2 Å². The summed E-state index contributed by atoms with van der Waals surface area (Å²) in [5.41, 5.74) is 0.301. The Labute approximate surface area is 61.4 Å². The number of nitrogens with one attached hydrogen (secondary N) is 1. The molecular weight excluding hydrogens is 134 g/mol. The van der Waals surface area contributed by atoms with Crippen LogP contribution in [0.5, 0.6) is 0 Å². The van der Waals surface area contributed by atoms with Gasteiger partial charge in [-0.2, -0.15) is 0 Å². The Kier molecular flexibility index (Phi) is 4.27. The van der Waals surface area contributed by atoms with Crippen LogP contribution < -0.4 is 4.72 Å². The smallest absolute Gasteiger partial charge is 0.0760 e. The van der Waals surface area contributed by atoms with Crippen LogP contribution in [0.25, 0.3) is 0 Å². The van der Waals surface area contributed by atoms with Gasteiger partial charge in [0.25, 0.3) is 0 Å². The van der Waals surface area contributed by atoms with Crippen LogP contribution in [-0.4, -0.2) is 11.1 Å². The molecule has 2 N–H and O–H groups in total. The van der Waals surface area contributed by atoms with E-state index >= 15 is 0 Å². The normalized spacial score (nSPS) is 12.0. The molecule has 0 spiro atoms. The van der Waals surface area contributed by atoms with Gasteiger partial charge in [-0.1, -0.05) is 20.8 Å². The van der Waals surface area contributed by atoms with Crippen molar-refractivity contribution in [2.24, 2.45) is 5.41 Å². The fourth-order valence-electron chi connectivity index (χ4n) is 0.353. The molecule has 0 amide bonds. The summed E-state index contributed by atoms with van der Waals surface area (Å²) in [4.78, 5) is 0. The van der Waals surface area contributed by atoms with Crippen molar-refractivity contribution in [1.82, 2.24) is 4.72 Å². The summed E-state index contributed by atoms with van der Waals surface area (Å²) in [5.74, 6) is 0. The molecule has 0 bridgehead atoms. The third kappa shape index (κ3) is 4.75. The topological polar surface area (TPSA) is 32.3 Å². The van der Waals surface area contributed by atoms with Crippen molar-refractivity contribution in [1.29, 1.82) is 0 Å². The molecule has 0 saturated carbocycles. The van der Waals surface area contributed by atoms with Gasteiger partial charge < -0.3 is 4.55 Å². The minimum Gasteiger partial charge on any atom is -0.317 e. The second-order valence-electron chi connectivity index (χ2n) is 2.93. The first-order valence-electron chi connectivity index (χ1n) is 3.15. The summed E-state index contributed by atoms with van der Waals surface area (Å²) < 4.78 is 11.1. The monoisotopic (exact) mass is 149 g/mol. The second-order valence-corrected chi connectivity index (χ2v) is 3.40. The minimum absolute atomic E-state index is 0.301. The first-order chi connectivity index (χ1) is 4.12. The van der Waals surface area contributed by atoms with Crippen molar-refractivity contribution in [3.05, 3.63) is 0 Å². The average Bonchev–Trinajstić information content (AvgIpc) is 1.84. The van der Waals surface area contributed by atoms with Crippen LogP contribution in [0.4, 0.5) is 0 Å². The molecule has 0 aromatic heterocycles. The quantitative estimate of drug-likeness (QED) is 0.474. The molecule has 0 fully saturated rings. The molecule has 0 aliphatic heterocycles. The van der Waals surface area contributed by atoms with Gasteiger partial charge in [0.15, 0.2) is 0 Å². The Balaban J connectivity index is 3.33. The Morgan fingerprint density at radius 3 is 2.44 bits per heavy atom. The summed E-state index contributed by atoms with van der Waals surface area (Å²) in [6.07, 6.45) is 1.13. The van der Waals surface area contributed by atoms with E-state index < -0.39 is 0 Å². The van der Waals surface area contributed by atoms with Gasteiger partial charge in [-0.25, -0.2) is 4.72 Å². The molecule has 3 heteroatoms. The molecule has 0 saturated heterocycles. The van der Waals surface area contributed by atoms with E-state index in [1.165, 1.54) is 0 Å². The van der Waals surface area contributed by atoms with Crippen LogP contribution in [0, 0.1) is 5.41 Å². The number of rotatable bonds is 4. The van der Waals surface area contributed by atoms with E-state index in [2.05, 4.69) is 25.5 Å². The molecule has 0 atom stereocenters. The van der Waals surface area contributed by atoms with E-state index in [1.807, 2.05) is 0 Å². The Morgan fingerprint density at radius 2 is 2.11 bits per heavy atom. The van der Waals surface area contributed by atoms with Crippen LogP contribution in [0.1, 0.15) is 27.2 Å². The van der Waals surface area contributed by atoms with Crippen LogP contribution in [0.2, 0.25) is 0 Å². The fourth-order valence-corrected chi connectivity index (χ4v) is 0.808. The molecule has 0 radical (unpaired) electrons.